The molecule has 1 N–H and O–H groups in total. The molecule has 2 aliphatic rings. The van der Waals surface area contributed by atoms with Gasteiger partial charge in [-0.3, -0.25) is 14.7 Å². The smallest absolute Gasteiger partial charge is 0.253 e. The van der Waals surface area contributed by atoms with Crippen molar-refractivity contribution in [2.24, 2.45) is 11.8 Å². The molecule has 3 heterocycles. The predicted molar refractivity (Wildman–Crippen MR) is 118 cm³/mol. The van der Waals surface area contributed by atoms with Crippen LogP contribution in [0.25, 0.3) is 17.1 Å². The predicted octanol–water partition coefficient (Wildman–Crippen LogP) is 3.12. The zero-order valence-electron chi connectivity index (χ0n) is 17.6. The number of hydrogen-bond donors (Lipinski definition) is 1. The number of nitrogens with zero attached hydrogens (tertiary/aromatic N) is 4. The summed E-state index contributed by atoms with van der Waals surface area (Å²) < 4.78 is 13.0. The van der Waals surface area contributed by atoms with Gasteiger partial charge in [0, 0.05) is 37.8 Å². The van der Waals surface area contributed by atoms with Crippen molar-refractivity contribution in [2.45, 2.75) is 12.8 Å². The first-order chi connectivity index (χ1) is 15.6. The van der Waals surface area contributed by atoms with Crippen LogP contribution in [-0.4, -0.2) is 63.2 Å². The topological polar surface area (TPSA) is 82.2 Å². The second-order valence-electron chi connectivity index (χ2n) is 8.56. The van der Waals surface area contributed by atoms with E-state index in [-0.39, 0.29) is 17.6 Å². The number of H-pyrrole nitrogens is 1. The Hall–Kier alpha value is -3.55. The fraction of sp³-hybridized carbons (Fsp3) is 0.333. The van der Waals surface area contributed by atoms with Crippen LogP contribution in [0.1, 0.15) is 28.8 Å². The maximum Gasteiger partial charge on any atom is 0.253 e. The lowest BCUT2D eigenvalue weighted by Gasteiger charge is -2.21. The van der Waals surface area contributed by atoms with Crippen LogP contribution in [0, 0.1) is 17.7 Å². The Morgan fingerprint density at radius 2 is 1.72 bits per heavy atom. The molecular formula is C24H24FN5O2. The standard InChI is InChI=1S/C24H24FN5O2/c25-20-5-1-16(2-6-20)3-8-23(31)29-11-9-18-14-30(15-19(18)10-12-29)24(32)17-4-7-21-22(13-17)27-28-26-21/h1-8,13,18-19H,9-12,14-15H2,(H,26,27,28)/b8-3+. The summed E-state index contributed by atoms with van der Waals surface area (Å²) in [7, 11) is 0. The van der Waals surface area contributed by atoms with E-state index >= 15 is 0 Å². The average molecular weight is 433 g/mol. The minimum absolute atomic E-state index is 0.0249. The van der Waals surface area contributed by atoms with Crippen molar-refractivity contribution in [1.82, 2.24) is 25.2 Å². The second kappa shape index (κ2) is 8.53. The monoisotopic (exact) mass is 433 g/mol. The van der Waals surface area contributed by atoms with Crippen LogP contribution in [0.3, 0.4) is 0 Å². The van der Waals surface area contributed by atoms with Crippen LogP contribution in [0.4, 0.5) is 4.39 Å². The first kappa shape index (κ1) is 20.4. The maximum absolute atomic E-state index is 13.0. The third-order valence-corrected chi connectivity index (χ3v) is 6.58. The van der Waals surface area contributed by atoms with Crippen LogP contribution >= 0.6 is 0 Å². The van der Waals surface area contributed by atoms with E-state index in [4.69, 9.17) is 0 Å². The molecule has 2 aliphatic heterocycles. The normalized spacial score (nSPS) is 21.2. The number of amides is 2. The van der Waals surface area contributed by atoms with Crippen LogP contribution in [0.15, 0.2) is 48.5 Å². The van der Waals surface area contributed by atoms with Gasteiger partial charge >= 0.3 is 0 Å². The number of likely N-dealkylation sites (tertiary alicyclic amines) is 2. The van der Waals surface area contributed by atoms with E-state index in [2.05, 4.69) is 15.4 Å². The van der Waals surface area contributed by atoms with Crippen molar-refractivity contribution in [3.05, 3.63) is 65.5 Å². The summed E-state index contributed by atoms with van der Waals surface area (Å²) in [4.78, 5) is 29.5. The van der Waals surface area contributed by atoms with Gasteiger partial charge in [0.05, 0.1) is 5.52 Å². The molecule has 3 aromatic rings. The van der Waals surface area contributed by atoms with Crippen LogP contribution in [0.5, 0.6) is 0 Å². The van der Waals surface area contributed by atoms with Gasteiger partial charge in [-0.1, -0.05) is 17.3 Å². The molecule has 0 saturated carbocycles. The van der Waals surface area contributed by atoms with Crippen molar-refractivity contribution >= 4 is 28.9 Å². The third-order valence-electron chi connectivity index (χ3n) is 6.58. The van der Waals surface area contributed by atoms with Crippen molar-refractivity contribution in [1.29, 1.82) is 0 Å². The average Bonchev–Trinajstić information content (AvgIpc) is 3.40. The molecule has 0 aliphatic carbocycles. The number of benzene rings is 2. The molecule has 2 saturated heterocycles. The second-order valence-corrected chi connectivity index (χ2v) is 8.56. The SMILES string of the molecule is O=C(/C=C/c1ccc(F)cc1)N1CCC2CN(C(=O)c3ccc4[nH]nnc4c3)CC2CC1. The summed E-state index contributed by atoms with van der Waals surface area (Å²) >= 11 is 0. The molecule has 1 aromatic heterocycles. The van der Waals surface area contributed by atoms with Crippen LogP contribution in [-0.2, 0) is 4.79 Å². The molecule has 2 aromatic carbocycles. The molecule has 164 valence electrons. The number of rotatable bonds is 3. The molecule has 2 atom stereocenters. The minimum atomic E-state index is -0.293. The van der Waals surface area contributed by atoms with Gasteiger partial charge in [0.15, 0.2) is 0 Å². The van der Waals surface area contributed by atoms with E-state index in [1.54, 1.807) is 30.4 Å². The Morgan fingerprint density at radius 1 is 1.00 bits per heavy atom. The summed E-state index contributed by atoms with van der Waals surface area (Å²) in [5.41, 5.74) is 2.92. The van der Waals surface area contributed by atoms with Gasteiger partial charge in [0.2, 0.25) is 5.91 Å². The summed E-state index contributed by atoms with van der Waals surface area (Å²) in [6, 6.07) is 11.5. The molecule has 2 unspecified atom stereocenters. The van der Waals surface area contributed by atoms with E-state index < -0.39 is 0 Å². The molecule has 32 heavy (non-hydrogen) atoms. The van der Waals surface area contributed by atoms with E-state index in [9.17, 15) is 14.0 Å². The minimum Gasteiger partial charge on any atom is -0.339 e. The van der Waals surface area contributed by atoms with Crippen molar-refractivity contribution in [3.8, 4) is 0 Å². The van der Waals surface area contributed by atoms with E-state index in [1.165, 1.54) is 12.1 Å². The van der Waals surface area contributed by atoms with E-state index in [1.807, 2.05) is 21.9 Å². The number of halogens is 1. The van der Waals surface area contributed by atoms with Crippen molar-refractivity contribution in [2.75, 3.05) is 26.2 Å². The molecular weight excluding hydrogens is 409 g/mol. The summed E-state index contributed by atoms with van der Waals surface area (Å²) in [6.45, 7) is 2.79. The molecule has 8 heteroatoms. The Labute approximate surface area is 184 Å². The van der Waals surface area contributed by atoms with Gasteiger partial charge in [-0.2, -0.15) is 0 Å². The lowest BCUT2D eigenvalue weighted by molar-refractivity contribution is -0.126. The number of aromatic nitrogens is 3. The molecule has 0 spiro atoms. The Balaban J connectivity index is 1.19. The lowest BCUT2D eigenvalue weighted by Crippen LogP contribution is -2.33. The maximum atomic E-state index is 13.0. The number of carbonyl (C=O) groups excluding carboxylic acids is 2. The number of nitrogens with one attached hydrogen (secondary N) is 1. The van der Waals surface area contributed by atoms with E-state index in [0.29, 0.717) is 49.1 Å². The fourth-order valence-electron chi connectivity index (χ4n) is 4.74. The Kier molecular flexibility index (Phi) is 5.43. The van der Waals surface area contributed by atoms with Gasteiger partial charge in [-0.25, -0.2) is 4.39 Å². The highest BCUT2D eigenvalue weighted by Crippen LogP contribution is 2.33. The highest BCUT2D eigenvalue weighted by molar-refractivity contribution is 5.97. The first-order valence-corrected chi connectivity index (χ1v) is 10.9. The fourth-order valence-corrected chi connectivity index (χ4v) is 4.74. The zero-order chi connectivity index (χ0) is 22.1. The van der Waals surface area contributed by atoms with Crippen molar-refractivity contribution in [3.63, 3.8) is 0 Å². The van der Waals surface area contributed by atoms with Crippen LogP contribution < -0.4 is 0 Å². The first-order valence-electron chi connectivity index (χ1n) is 10.9. The Bertz CT molecular complexity index is 1160. The van der Waals surface area contributed by atoms with Gasteiger partial charge in [-0.15, -0.1) is 5.10 Å². The van der Waals surface area contributed by atoms with Crippen molar-refractivity contribution < 1.29 is 14.0 Å². The summed E-state index contributed by atoms with van der Waals surface area (Å²) in [5.74, 6) is 0.502. The van der Waals surface area contributed by atoms with E-state index in [0.717, 1.165) is 23.9 Å². The zero-order valence-corrected chi connectivity index (χ0v) is 17.6. The molecule has 7 nitrogen and oxygen atoms in total. The highest BCUT2D eigenvalue weighted by Gasteiger charge is 2.37. The summed E-state index contributed by atoms with van der Waals surface area (Å²) in [6.07, 6.45) is 5.05. The lowest BCUT2D eigenvalue weighted by atomic mass is 9.92. The number of hydrogen-bond acceptors (Lipinski definition) is 4. The van der Waals surface area contributed by atoms with Gasteiger partial charge in [0.1, 0.15) is 11.3 Å². The number of fused-ring (bicyclic) bond motifs is 2. The van der Waals surface area contributed by atoms with Gasteiger partial charge < -0.3 is 9.80 Å². The molecule has 0 bridgehead atoms. The molecule has 5 rings (SSSR count). The number of aromatic amines is 1. The largest absolute Gasteiger partial charge is 0.339 e. The van der Waals surface area contributed by atoms with Gasteiger partial charge in [0.25, 0.3) is 5.91 Å². The number of carbonyl (C=O) groups is 2. The Morgan fingerprint density at radius 3 is 2.44 bits per heavy atom. The third kappa shape index (κ3) is 4.12. The highest BCUT2D eigenvalue weighted by atomic mass is 19.1. The van der Waals surface area contributed by atoms with Crippen LogP contribution in [0.2, 0.25) is 0 Å². The van der Waals surface area contributed by atoms with Gasteiger partial charge in [-0.05, 0) is 66.6 Å². The molecule has 0 radical (unpaired) electrons. The summed E-state index contributed by atoms with van der Waals surface area (Å²) in [5, 5.41) is 10.6. The molecule has 2 fully saturated rings. The molecule has 2 amide bonds. The quantitative estimate of drug-likeness (QED) is 0.644.